The molecule has 112 valence electrons. The summed E-state index contributed by atoms with van der Waals surface area (Å²) in [6.07, 6.45) is 3.20. The second-order valence-corrected chi connectivity index (χ2v) is 7.79. The summed E-state index contributed by atoms with van der Waals surface area (Å²) in [5.41, 5.74) is 0.771. The van der Waals surface area contributed by atoms with Crippen molar-refractivity contribution in [1.82, 2.24) is 9.62 Å². The fraction of sp³-hybridized carbons (Fsp3) is 0.714. The van der Waals surface area contributed by atoms with E-state index in [2.05, 4.69) is 5.32 Å². The normalized spacial score (nSPS) is 26.6. The zero-order valence-corrected chi connectivity index (χ0v) is 13.1. The summed E-state index contributed by atoms with van der Waals surface area (Å²) in [6, 6.07) is 0.196. The Morgan fingerprint density at radius 2 is 2.05 bits per heavy atom. The fourth-order valence-electron chi connectivity index (χ4n) is 3.72. The Bertz CT molecular complexity index is 621. The van der Waals surface area contributed by atoms with Crippen LogP contribution in [0.5, 0.6) is 0 Å². The number of rotatable bonds is 4. The minimum Gasteiger partial charge on any atom is -0.465 e. The Morgan fingerprint density at radius 1 is 1.30 bits per heavy atom. The van der Waals surface area contributed by atoms with Crippen molar-refractivity contribution in [3.05, 3.63) is 17.1 Å². The number of piperidine rings is 1. The molecule has 2 atom stereocenters. The number of fused-ring (bicyclic) bond motifs is 2. The second-order valence-electron chi connectivity index (χ2n) is 5.96. The molecule has 2 unspecified atom stereocenters. The third-order valence-electron chi connectivity index (χ3n) is 4.60. The summed E-state index contributed by atoms with van der Waals surface area (Å²) in [4.78, 5) is 0.386. The quantitative estimate of drug-likeness (QED) is 0.920. The Kier molecular flexibility index (Phi) is 3.43. The molecule has 1 aromatic heterocycles. The molecule has 5 nitrogen and oxygen atoms in total. The predicted octanol–water partition coefficient (Wildman–Crippen LogP) is 1.79. The number of sulfonamides is 1. The first-order chi connectivity index (χ1) is 9.45. The van der Waals surface area contributed by atoms with Gasteiger partial charge in [-0.05, 0) is 46.1 Å². The molecule has 1 saturated carbocycles. The maximum atomic E-state index is 13.0. The highest BCUT2D eigenvalue weighted by molar-refractivity contribution is 7.89. The number of nitrogens with one attached hydrogen (secondary N) is 1. The SMILES string of the molecule is CNCc1c(C)oc(C)c1S(=O)(=O)N1CC2CCC1C2. The number of hydrogen-bond acceptors (Lipinski definition) is 4. The van der Waals surface area contributed by atoms with Gasteiger partial charge in [-0.25, -0.2) is 8.42 Å². The van der Waals surface area contributed by atoms with E-state index in [9.17, 15) is 8.42 Å². The monoisotopic (exact) mass is 298 g/mol. The molecule has 0 amide bonds. The minimum absolute atomic E-state index is 0.196. The summed E-state index contributed by atoms with van der Waals surface area (Å²) in [6.45, 7) is 4.76. The van der Waals surface area contributed by atoms with Crippen LogP contribution < -0.4 is 5.32 Å². The van der Waals surface area contributed by atoms with E-state index in [1.54, 1.807) is 11.2 Å². The molecule has 1 saturated heterocycles. The lowest BCUT2D eigenvalue weighted by Gasteiger charge is -2.26. The first kappa shape index (κ1) is 14.1. The van der Waals surface area contributed by atoms with Crippen molar-refractivity contribution in [3.8, 4) is 0 Å². The van der Waals surface area contributed by atoms with Crippen molar-refractivity contribution in [2.45, 2.75) is 50.6 Å². The van der Waals surface area contributed by atoms with Gasteiger partial charge in [-0.1, -0.05) is 0 Å². The molecular formula is C14H22N2O3S. The molecule has 6 heteroatoms. The van der Waals surface area contributed by atoms with Gasteiger partial charge >= 0.3 is 0 Å². The Hall–Kier alpha value is -0.850. The minimum atomic E-state index is -3.43. The van der Waals surface area contributed by atoms with Gasteiger partial charge in [0.1, 0.15) is 16.4 Å². The summed E-state index contributed by atoms with van der Waals surface area (Å²) >= 11 is 0. The Balaban J connectivity index is 2.03. The number of aryl methyl sites for hydroxylation is 2. The van der Waals surface area contributed by atoms with Crippen molar-refractivity contribution < 1.29 is 12.8 Å². The molecule has 1 aliphatic heterocycles. The van der Waals surface area contributed by atoms with E-state index in [0.29, 0.717) is 35.4 Å². The molecule has 1 aromatic rings. The fourth-order valence-corrected chi connectivity index (χ4v) is 5.88. The van der Waals surface area contributed by atoms with E-state index in [1.165, 1.54) is 6.42 Å². The van der Waals surface area contributed by atoms with Gasteiger partial charge in [-0.2, -0.15) is 4.31 Å². The third kappa shape index (κ3) is 2.01. The van der Waals surface area contributed by atoms with Crippen LogP contribution in [0.15, 0.2) is 9.31 Å². The maximum Gasteiger partial charge on any atom is 0.247 e. The molecule has 1 aliphatic carbocycles. The molecular weight excluding hydrogens is 276 g/mol. The van der Waals surface area contributed by atoms with Crippen LogP contribution in [0, 0.1) is 19.8 Å². The first-order valence-corrected chi connectivity index (χ1v) is 8.64. The summed E-state index contributed by atoms with van der Waals surface area (Å²) in [7, 11) is -1.62. The van der Waals surface area contributed by atoms with Crippen LogP contribution in [0.4, 0.5) is 0 Å². The van der Waals surface area contributed by atoms with E-state index in [1.807, 2.05) is 14.0 Å². The number of nitrogens with zero attached hydrogens (tertiary/aromatic N) is 1. The average Bonchev–Trinajstić information content (AvgIpc) is 3.05. The molecule has 3 rings (SSSR count). The van der Waals surface area contributed by atoms with Gasteiger partial charge in [-0.3, -0.25) is 0 Å². The van der Waals surface area contributed by atoms with Gasteiger partial charge in [0.25, 0.3) is 0 Å². The zero-order valence-electron chi connectivity index (χ0n) is 12.3. The highest BCUT2D eigenvalue weighted by atomic mass is 32.2. The third-order valence-corrected chi connectivity index (χ3v) is 6.72. The van der Waals surface area contributed by atoms with Crippen molar-refractivity contribution in [1.29, 1.82) is 0 Å². The van der Waals surface area contributed by atoms with Gasteiger partial charge in [0, 0.05) is 24.7 Å². The Labute approximate surface area is 120 Å². The Morgan fingerprint density at radius 3 is 2.60 bits per heavy atom. The molecule has 2 bridgehead atoms. The average molecular weight is 298 g/mol. The van der Waals surface area contributed by atoms with Crippen LogP contribution in [0.25, 0.3) is 0 Å². The van der Waals surface area contributed by atoms with Gasteiger partial charge in [-0.15, -0.1) is 0 Å². The predicted molar refractivity (Wildman–Crippen MR) is 76.0 cm³/mol. The van der Waals surface area contributed by atoms with Crippen LogP contribution in [-0.4, -0.2) is 32.4 Å². The molecule has 2 heterocycles. The van der Waals surface area contributed by atoms with Crippen LogP contribution in [0.1, 0.15) is 36.3 Å². The van der Waals surface area contributed by atoms with E-state index >= 15 is 0 Å². The molecule has 0 aromatic carbocycles. The molecule has 1 N–H and O–H groups in total. The van der Waals surface area contributed by atoms with Gasteiger partial charge in [0.15, 0.2) is 0 Å². The molecule has 0 spiro atoms. The second kappa shape index (κ2) is 4.86. The van der Waals surface area contributed by atoms with Gasteiger partial charge < -0.3 is 9.73 Å². The largest absolute Gasteiger partial charge is 0.465 e. The maximum absolute atomic E-state index is 13.0. The summed E-state index contributed by atoms with van der Waals surface area (Å²) in [5, 5.41) is 3.03. The van der Waals surface area contributed by atoms with Gasteiger partial charge in [0.2, 0.25) is 10.0 Å². The van der Waals surface area contributed by atoms with E-state index in [4.69, 9.17) is 4.42 Å². The first-order valence-electron chi connectivity index (χ1n) is 7.20. The van der Waals surface area contributed by atoms with Crippen LogP contribution >= 0.6 is 0 Å². The molecule has 20 heavy (non-hydrogen) atoms. The van der Waals surface area contributed by atoms with E-state index < -0.39 is 10.0 Å². The van der Waals surface area contributed by atoms with E-state index in [-0.39, 0.29) is 6.04 Å². The lowest BCUT2D eigenvalue weighted by atomic mass is 10.1. The smallest absolute Gasteiger partial charge is 0.247 e. The van der Waals surface area contributed by atoms with Crippen LogP contribution in [0.3, 0.4) is 0 Å². The molecule has 2 aliphatic rings. The zero-order chi connectivity index (χ0) is 14.5. The lowest BCUT2D eigenvalue weighted by molar-refractivity contribution is 0.332. The van der Waals surface area contributed by atoms with Crippen molar-refractivity contribution in [3.63, 3.8) is 0 Å². The standard InChI is InChI=1S/C14H22N2O3S/c1-9-13(7-15-3)14(10(2)19-9)20(17,18)16-8-11-4-5-12(16)6-11/h11-12,15H,4-8H2,1-3H3. The van der Waals surface area contributed by atoms with Gasteiger partial charge in [0.05, 0.1) is 0 Å². The summed E-state index contributed by atoms with van der Waals surface area (Å²) in [5.74, 6) is 1.76. The van der Waals surface area contributed by atoms with Crippen molar-refractivity contribution in [2.24, 2.45) is 5.92 Å². The number of furan rings is 1. The number of hydrogen-bond donors (Lipinski definition) is 1. The highest BCUT2D eigenvalue weighted by Crippen LogP contribution is 2.42. The highest BCUT2D eigenvalue weighted by Gasteiger charge is 2.45. The van der Waals surface area contributed by atoms with Crippen molar-refractivity contribution in [2.75, 3.05) is 13.6 Å². The summed E-state index contributed by atoms with van der Waals surface area (Å²) < 4.78 is 33.3. The molecule has 2 fully saturated rings. The van der Waals surface area contributed by atoms with E-state index in [0.717, 1.165) is 18.4 Å². The van der Waals surface area contributed by atoms with Crippen LogP contribution in [0.2, 0.25) is 0 Å². The van der Waals surface area contributed by atoms with Crippen molar-refractivity contribution >= 4 is 10.0 Å². The topological polar surface area (TPSA) is 62.6 Å². The lowest BCUT2D eigenvalue weighted by Crippen LogP contribution is -2.38. The van der Waals surface area contributed by atoms with Crippen LogP contribution in [-0.2, 0) is 16.6 Å². The molecule has 0 radical (unpaired) electrons.